The van der Waals surface area contributed by atoms with Crippen LogP contribution in [-0.2, 0) is 6.54 Å². The van der Waals surface area contributed by atoms with Gasteiger partial charge in [0.25, 0.3) is 5.91 Å². The summed E-state index contributed by atoms with van der Waals surface area (Å²) in [6, 6.07) is 5.01. The van der Waals surface area contributed by atoms with E-state index in [9.17, 15) is 4.79 Å². The monoisotopic (exact) mass is 207 g/mol. The molecule has 1 rings (SSSR count). The van der Waals surface area contributed by atoms with E-state index in [-0.39, 0.29) is 30.7 Å². The molecule has 1 atom stereocenters. The molecule has 0 aliphatic rings. The van der Waals surface area contributed by atoms with Crippen LogP contribution in [0.2, 0.25) is 0 Å². The molecular weight excluding hydrogens is 194 g/mol. The second-order valence-electron chi connectivity index (χ2n) is 3.21. The molecular formula is C10H13N3O2. The Labute approximate surface area is 87.9 Å². The summed E-state index contributed by atoms with van der Waals surface area (Å²) in [5, 5.41) is 11.1. The van der Waals surface area contributed by atoms with Crippen LogP contribution >= 0.6 is 0 Å². The van der Waals surface area contributed by atoms with Crippen LogP contribution in [0.4, 0.5) is 0 Å². The average molecular weight is 207 g/mol. The van der Waals surface area contributed by atoms with Crippen LogP contribution in [0.25, 0.3) is 0 Å². The van der Waals surface area contributed by atoms with E-state index in [4.69, 9.17) is 15.4 Å². The van der Waals surface area contributed by atoms with E-state index in [0.29, 0.717) is 5.76 Å². The van der Waals surface area contributed by atoms with Gasteiger partial charge in [0.1, 0.15) is 5.76 Å². The van der Waals surface area contributed by atoms with E-state index in [1.165, 1.54) is 0 Å². The van der Waals surface area contributed by atoms with E-state index in [2.05, 4.69) is 5.32 Å². The molecule has 15 heavy (non-hydrogen) atoms. The van der Waals surface area contributed by atoms with Crippen LogP contribution in [-0.4, -0.2) is 11.9 Å². The fourth-order valence-corrected chi connectivity index (χ4v) is 1.09. The van der Waals surface area contributed by atoms with Crippen LogP contribution in [0, 0.1) is 11.3 Å². The molecule has 0 radical (unpaired) electrons. The Balaban J connectivity index is 2.57. The van der Waals surface area contributed by atoms with Crippen LogP contribution in [0.5, 0.6) is 0 Å². The first-order valence-corrected chi connectivity index (χ1v) is 4.64. The molecule has 0 saturated carbocycles. The summed E-state index contributed by atoms with van der Waals surface area (Å²) in [5.74, 6) is 0.464. The van der Waals surface area contributed by atoms with E-state index in [1.807, 2.05) is 6.07 Å². The lowest BCUT2D eigenvalue weighted by Crippen LogP contribution is -2.31. The number of hydrogen-bond donors (Lipinski definition) is 2. The molecule has 1 unspecified atom stereocenters. The van der Waals surface area contributed by atoms with Crippen molar-refractivity contribution in [1.82, 2.24) is 5.32 Å². The van der Waals surface area contributed by atoms with E-state index < -0.39 is 0 Å². The number of carbonyl (C=O) groups excluding carboxylic acids is 1. The van der Waals surface area contributed by atoms with Crippen molar-refractivity contribution in [3.05, 3.63) is 23.7 Å². The van der Waals surface area contributed by atoms with Gasteiger partial charge in [0.15, 0.2) is 5.76 Å². The third-order valence-corrected chi connectivity index (χ3v) is 1.86. The van der Waals surface area contributed by atoms with E-state index in [1.54, 1.807) is 19.1 Å². The summed E-state index contributed by atoms with van der Waals surface area (Å²) in [5.41, 5.74) is 5.34. The number of nitriles is 1. The molecule has 0 spiro atoms. The number of rotatable bonds is 4. The first kappa shape index (κ1) is 11.3. The Morgan fingerprint density at radius 3 is 3.00 bits per heavy atom. The van der Waals surface area contributed by atoms with Gasteiger partial charge in [0, 0.05) is 6.04 Å². The van der Waals surface area contributed by atoms with Crippen molar-refractivity contribution in [3.63, 3.8) is 0 Å². The van der Waals surface area contributed by atoms with Crippen molar-refractivity contribution in [2.45, 2.75) is 25.9 Å². The second kappa shape index (κ2) is 5.17. The summed E-state index contributed by atoms with van der Waals surface area (Å²) in [7, 11) is 0. The first-order valence-electron chi connectivity index (χ1n) is 4.64. The number of hydrogen-bond acceptors (Lipinski definition) is 4. The van der Waals surface area contributed by atoms with Gasteiger partial charge in [0.2, 0.25) is 0 Å². The van der Waals surface area contributed by atoms with Crippen LogP contribution in [0.3, 0.4) is 0 Å². The molecule has 0 aliphatic carbocycles. The zero-order valence-electron chi connectivity index (χ0n) is 8.49. The normalized spacial score (nSPS) is 11.8. The lowest BCUT2D eigenvalue weighted by atomic mass is 10.2. The Bertz CT molecular complexity index is 378. The predicted octanol–water partition coefficient (Wildman–Crippen LogP) is 0.770. The molecule has 0 saturated heterocycles. The van der Waals surface area contributed by atoms with Gasteiger partial charge in [-0.1, -0.05) is 0 Å². The van der Waals surface area contributed by atoms with E-state index >= 15 is 0 Å². The fourth-order valence-electron chi connectivity index (χ4n) is 1.09. The minimum absolute atomic E-state index is 0.186. The summed E-state index contributed by atoms with van der Waals surface area (Å²) >= 11 is 0. The Morgan fingerprint density at radius 2 is 2.47 bits per heavy atom. The molecule has 1 amide bonds. The third-order valence-electron chi connectivity index (χ3n) is 1.86. The van der Waals surface area contributed by atoms with E-state index in [0.717, 1.165) is 0 Å². The molecule has 0 aliphatic heterocycles. The maximum absolute atomic E-state index is 11.5. The molecule has 3 N–H and O–H groups in total. The summed E-state index contributed by atoms with van der Waals surface area (Å²) in [6.07, 6.45) is 0.274. The number of carbonyl (C=O) groups is 1. The number of amides is 1. The highest BCUT2D eigenvalue weighted by atomic mass is 16.4. The molecule has 1 aromatic heterocycles. The Morgan fingerprint density at radius 1 is 1.73 bits per heavy atom. The maximum Gasteiger partial charge on any atom is 0.287 e. The van der Waals surface area contributed by atoms with Crippen molar-refractivity contribution in [3.8, 4) is 6.07 Å². The average Bonchev–Trinajstić information content (AvgIpc) is 2.66. The summed E-state index contributed by atoms with van der Waals surface area (Å²) in [4.78, 5) is 11.5. The van der Waals surface area contributed by atoms with Gasteiger partial charge in [-0.15, -0.1) is 0 Å². The molecule has 80 valence electrons. The van der Waals surface area contributed by atoms with Gasteiger partial charge in [-0.25, -0.2) is 0 Å². The quantitative estimate of drug-likeness (QED) is 0.762. The zero-order valence-corrected chi connectivity index (χ0v) is 8.49. The van der Waals surface area contributed by atoms with Crippen LogP contribution < -0.4 is 11.1 Å². The third kappa shape index (κ3) is 3.11. The molecule has 0 fully saturated rings. The smallest absolute Gasteiger partial charge is 0.287 e. The summed E-state index contributed by atoms with van der Waals surface area (Å²) in [6.45, 7) is 2.02. The molecule has 5 nitrogen and oxygen atoms in total. The topological polar surface area (TPSA) is 92.0 Å². The minimum Gasteiger partial charge on any atom is -0.455 e. The number of nitrogens with two attached hydrogens (primary N) is 1. The van der Waals surface area contributed by atoms with Gasteiger partial charge in [-0.2, -0.15) is 5.26 Å². The molecule has 5 heteroatoms. The summed E-state index contributed by atoms with van der Waals surface area (Å²) < 4.78 is 5.15. The zero-order chi connectivity index (χ0) is 11.3. The van der Waals surface area contributed by atoms with Gasteiger partial charge >= 0.3 is 0 Å². The van der Waals surface area contributed by atoms with Gasteiger partial charge in [-0.3, -0.25) is 4.79 Å². The van der Waals surface area contributed by atoms with Gasteiger partial charge in [-0.05, 0) is 19.1 Å². The van der Waals surface area contributed by atoms with Crippen molar-refractivity contribution < 1.29 is 9.21 Å². The van der Waals surface area contributed by atoms with Crippen LogP contribution in [0.1, 0.15) is 29.7 Å². The maximum atomic E-state index is 11.5. The standard InChI is InChI=1S/C10H13N3O2/c1-7(4-5-11)13-10(14)9-3-2-8(6-12)15-9/h2-3,7H,4,6,12H2,1H3,(H,13,14). The van der Waals surface area contributed by atoms with Crippen molar-refractivity contribution in [2.24, 2.45) is 5.73 Å². The highest BCUT2D eigenvalue weighted by Gasteiger charge is 2.12. The van der Waals surface area contributed by atoms with Crippen molar-refractivity contribution in [1.29, 1.82) is 5.26 Å². The van der Waals surface area contributed by atoms with Crippen LogP contribution in [0.15, 0.2) is 16.5 Å². The number of nitrogens with one attached hydrogen (secondary N) is 1. The number of nitrogens with zero attached hydrogens (tertiary/aromatic N) is 1. The first-order chi connectivity index (χ1) is 7.17. The van der Waals surface area contributed by atoms with Gasteiger partial charge in [0.05, 0.1) is 19.0 Å². The predicted molar refractivity (Wildman–Crippen MR) is 53.8 cm³/mol. The lowest BCUT2D eigenvalue weighted by molar-refractivity contribution is 0.0911. The fraction of sp³-hybridized carbons (Fsp3) is 0.400. The SMILES string of the molecule is CC(CC#N)NC(=O)c1ccc(CN)o1. The molecule has 0 aromatic carbocycles. The largest absolute Gasteiger partial charge is 0.455 e. The highest BCUT2D eigenvalue weighted by molar-refractivity contribution is 5.91. The molecule has 1 aromatic rings. The Hall–Kier alpha value is -1.80. The minimum atomic E-state index is -0.322. The molecule has 0 bridgehead atoms. The van der Waals surface area contributed by atoms with Crippen molar-refractivity contribution >= 4 is 5.91 Å². The molecule has 1 heterocycles. The van der Waals surface area contributed by atoms with Crippen molar-refractivity contribution in [2.75, 3.05) is 0 Å². The number of furan rings is 1. The Kier molecular flexibility index (Phi) is 3.89. The highest BCUT2D eigenvalue weighted by Crippen LogP contribution is 2.07. The second-order valence-corrected chi connectivity index (χ2v) is 3.21. The lowest BCUT2D eigenvalue weighted by Gasteiger charge is -2.07. The van der Waals surface area contributed by atoms with Gasteiger partial charge < -0.3 is 15.5 Å².